The average molecular weight is 331 g/mol. The number of hydrogen-bond acceptors (Lipinski definition) is 5. The molecule has 1 rings (SSSR count). The highest BCUT2D eigenvalue weighted by Gasteiger charge is 2.17. The molecule has 0 aliphatic rings. The SMILES string of the molecule is COCCCS(=O)(=O)N(C)Cc1csc(C#CCCO)c1. The molecule has 5 nitrogen and oxygen atoms in total. The zero-order chi connectivity index (χ0) is 15.7. The van der Waals surface area contributed by atoms with Crippen molar-refractivity contribution in [1.82, 2.24) is 4.31 Å². The maximum absolute atomic E-state index is 12.0. The Morgan fingerprint density at radius 2 is 2.24 bits per heavy atom. The first-order valence-corrected chi connectivity index (χ1v) is 9.08. The number of sulfonamides is 1. The van der Waals surface area contributed by atoms with Crippen molar-refractivity contribution >= 4 is 21.4 Å². The molecule has 21 heavy (non-hydrogen) atoms. The molecule has 0 atom stereocenters. The van der Waals surface area contributed by atoms with Crippen molar-refractivity contribution in [2.45, 2.75) is 19.4 Å². The number of methoxy groups -OCH3 is 1. The van der Waals surface area contributed by atoms with Gasteiger partial charge in [-0.2, -0.15) is 0 Å². The first-order chi connectivity index (χ1) is 9.99. The van der Waals surface area contributed by atoms with Crippen LogP contribution in [0, 0.1) is 11.8 Å². The van der Waals surface area contributed by atoms with E-state index >= 15 is 0 Å². The molecule has 0 aliphatic carbocycles. The lowest BCUT2D eigenvalue weighted by molar-refractivity contribution is 0.199. The van der Waals surface area contributed by atoms with Crippen molar-refractivity contribution in [2.24, 2.45) is 0 Å². The monoisotopic (exact) mass is 331 g/mol. The van der Waals surface area contributed by atoms with Crippen molar-refractivity contribution < 1.29 is 18.3 Å². The summed E-state index contributed by atoms with van der Waals surface area (Å²) in [5.74, 6) is 5.88. The van der Waals surface area contributed by atoms with Gasteiger partial charge in [0.15, 0.2) is 0 Å². The van der Waals surface area contributed by atoms with E-state index in [2.05, 4.69) is 11.8 Å². The second-order valence-corrected chi connectivity index (χ2v) is 7.62. The van der Waals surface area contributed by atoms with Crippen molar-refractivity contribution in [1.29, 1.82) is 0 Å². The molecule has 1 aromatic heterocycles. The summed E-state index contributed by atoms with van der Waals surface area (Å²) in [7, 11) is -0.117. The molecule has 0 aromatic carbocycles. The van der Waals surface area contributed by atoms with Crippen LogP contribution in [0.15, 0.2) is 11.4 Å². The van der Waals surface area contributed by atoms with Crippen LogP contribution in [0.2, 0.25) is 0 Å². The van der Waals surface area contributed by atoms with E-state index in [9.17, 15) is 8.42 Å². The predicted octanol–water partition coefficient (Wildman–Crippen LogP) is 1.28. The van der Waals surface area contributed by atoms with Gasteiger partial charge in [0.2, 0.25) is 10.0 Å². The summed E-state index contributed by atoms with van der Waals surface area (Å²) in [4.78, 5) is 0.878. The smallest absolute Gasteiger partial charge is 0.214 e. The van der Waals surface area contributed by atoms with Gasteiger partial charge in [0.05, 0.1) is 17.2 Å². The lowest BCUT2D eigenvalue weighted by Gasteiger charge is -2.16. The zero-order valence-corrected chi connectivity index (χ0v) is 14.0. The average Bonchev–Trinajstić information content (AvgIpc) is 2.87. The highest BCUT2D eigenvalue weighted by atomic mass is 32.2. The van der Waals surface area contributed by atoms with Gasteiger partial charge in [0, 0.05) is 33.7 Å². The van der Waals surface area contributed by atoms with Crippen LogP contribution in [0.5, 0.6) is 0 Å². The quantitative estimate of drug-likeness (QED) is 0.576. The molecule has 0 amide bonds. The van der Waals surface area contributed by atoms with E-state index in [1.165, 1.54) is 15.6 Å². The van der Waals surface area contributed by atoms with Gasteiger partial charge >= 0.3 is 0 Å². The van der Waals surface area contributed by atoms with E-state index in [0.717, 1.165) is 10.4 Å². The molecule has 0 fully saturated rings. The third-order valence-electron chi connectivity index (χ3n) is 2.73. The van der Waals surface area contributed by atoms with Crippen LogP contribution in [0.4, 0.5) is 0 Å². The van der Waals surface area contributed by atoms with Crippen LogP contribution in [0.3, 0.4) is 0 Å². The third-order valence-corrected chi connectivity index (χ3v) is 5.51. The molecule has 0 spiro atoms. The molecule has 0 saturated carbocycles. The Kier molecular flexibility index (Phi) is 7.93. The molecule has 0 radical (unpaired) electrons. The summed E-state index contributed by atoms with van der Waals surface area (Å²) in [6, 6.07) is 1.89. The Morgan fingerprint density at radius 1 is 1.48 bits per heavy atom. The minimum atomic E-state index is -3.25. The molecule has 0 saturated heterocycles. The number of nitrogens with zero attached hydrogens (tertiary/aromatic N) is 1. The lowest BCUT2D eigenvalue weighted by Crippen LogP contribution is -2.29. The molecule has 0 aliphatic heterocycles. The number of hydrogen-bond donors (Lipinski definition) is 1. The van der Waals surface area contributed by atoms with E-state index in [1.54, 1.807) is 14.2 Å². The molecule has 0 bridgehead atoms. The lowest BCUT2D eigenvalue weighted by atomic mass is 10.3. The Bertz CT molecular complexity index is 584. The van der Waals surface area contributed by atoms with Crippen LogP contribution in [-0.2, 0) is 21.3 Å². The van der Waals surface area contributed by atoms with Gasteiger partial charge in [0.1, 0.15) is 0 Å². The normalized spacial score (nSPS) is 11.4. The number of aliphatic hydroxyl groups excluding tert-OH is 1. The van der Waals surface area contributed by atoms with E-state index in [-0.39, 0.29) is 12.4 Å². The van der Waals surface area contributed by atoms with Gasteiger partial charge < -0.3 is 9.84 Å². The number of rotatable bonds is 8. The number of ether oxygens (including phenoxy) is 1. The summed E-state index contributed by atoms with van der Waals surface area (Å²) in [6.45, 7) is 0.831. The molecule has 7 heteroatoms. The van der Waals surface area contributed by atoms with Gasteiger partial charge in [-0.25, -0.2) is 12.7 Å². The number of aliphatic hydroxyl groups is 1. The Hall–Kier alpha value is -0.910. The van der Waals surface area contributed by atoms with Crippen LogP contribution < -0.4 is 0 Å². The molecule has 118 valence electrons. The van der Waals surface area contributed by atoms with Crippen molar-refractivity contribution in [3.63, 3.8) is 0 Å². The molecule has 0 unspecified atom stereocenters. The minimum Gasteiger partial charge on any atom is -0.395 e. The van der Waals surface area contributed by atoms with Gasteiger partial charge in [-0.15, -0.1) is 11.3 Å². The van der Waals surface area contributed by atoms with Crippen LogP contribution >= 0.6 is 11.3 Å². The largest absolute Gasteiger partial charge is 0.395 e. The molecular formula is C14H21NO4S2. The third kappa shape index (κ3) is 6.59. The first-order valence-electron chi connectivity index (χ1n) is 6.59. The van der Waals surface area contributed by atoms with E-state index in [1.807, 2.05) is 11.4 Å². The Balaban J connectivity index is 2.58. The minimum absolute atomic E-state index is 0.0493. The molecular weight excluding hydrogens is 310 g/mol. The zero-order valence-electron chi connectivity index (χ0n) is 12.3. The standard InChI is InChI=1S/C14H21NO4S2/c1-15(21(17,18)9-5-8-19-2)11-13-10-14(20-12-13)6-3-4-7-16/h10,12,16H,4-5,7-9,11H2,1-2H3. The van der Waals surface area contributed by atoms with Gasteiger partial charge in [-0.1, -0.05) is 11.8 Å². The van der Waals surface area contributed by atoms with Crippen LogP contribution in [-0.4, -0.2) is 51.0 Å². The Morgan fingerprint density at radius 3 is 2.90 bits per heavy atom. The van der Waals surface area contributed by atoms with E-state index in [0.29, 0.717) is 26.0 Å². The molecule has 1 heterocycles. The molecule has 1 N–H and O–H groups in total. The maximum atomic E-state index is 12.0. The van der Waals surface area contributed by atoms with Gasteiger partial charge in [0.25, 0.3) is 0 Å². The fourth-order valence-electron chi connectivity index (χ4n) is 1.63. The fourth-order valence-corrected chi connectivity index (χ4v) is 3.54. The topological polar surface area (TPSA) is 66.8 Å². The summed E-state index contributed by atoms with van der Waals surface area (Å²) in [5.41, 5.74) is 0.922. The highest BCUT2D eigenvalue weighted by Crippen LogP contribution is 2.16. The summed E-state index contributed by atoms with van der Waals surface area (Å²) in [6.07, 6.45) is 0.936. The van der Waals surface area contributed by atoms with Gasteiger partial charge in [-0.05, 0) is 23.4 Å². The maximum Gasteiger partial charge on any atom is 0.214 e. The fraction of sp³-hybridized carbons (Fsp3) is 0.571. The molecule has 1 aromatic rings. The second kappa shape index (κ2) is 9.18. The number of thiophene rings is 1. The summed E-state index contributed by atoms with van der Waals surface area (Å²) in [5, 5.41) is 10.6. The highest BCUT2D eigenvalue weighted by molar-refractivity contribution is 7.89. The van der Waals surface area contributed by atoms with Crippen molar-refractivity contribution in [3.8, 4) is 11.8 Å². The second-order valence-electron chi connectivity index (χ2n) is 4.51. The van der Waals surface area contributed by atoms with Crippen molar-refractivity contribution in [3.05, 3.63) is 21.9 Å². The van der Waals surface area contributed by atoms with E-state index < -0.39 is 10.0 Å². The van der Waals surface area contributed by atoms with E-state index in [4.69, 9.17) is 9.84 Å². The summed E-state index contributed by atoms with van der Waals surface area (Å²) >= 11 is 1.48. The predicted molar refractivity (Wildman–Crippen MR) is 84.6 cm³/mol. The summed E-state index contributed by atoms with van der Waals surface area (Å²) < 4.78 is 30.3. The van der Waals surface area contributed by atoms with Gasteiger partial charge in [-0.3, -0.25) is 0 Å². The van der Waals surface area contributed by atoms with Crippen molar-refractivity contribution in [2.75, 3.05) is 33.1 Å². The van der Waals surface area contributed by atoms with Crippen LogP contribution in [0.1, 0.15) is 23.3 Å². The first kappa shape index (κ1) is 18.1. The Labute approximate surface area is 130 Å². The van der Waals surface area contributed by atoms with Crippen LogP contribution in [0.25, 0.3) is 0 Å².